The molecule has 0 spiro atoms. The lowest BCUT2D eigenvalue weighted by Gasteiger charge is -2.34. The quantitative estimate of drug-likeness (QED) is 0.318. The number of nitrogens with one attached hydrogen (secondary N) is 1. The molecule has 0 fully saturated rings. The second-order valence-corrected chi connectivity index (χ2v) is 9.72. The van der Waals surface area contributed by atoms with Gasteiger partial charge in [0, 0.05) is 11.2 Å². The summed E-state index contributed by atoms with van der Waals surface area (Å²) in [6.07, 6.45) is 0.649. The van der Waals surface area contributed by atoms with Gasteiger partial charge in [0.1, 0.15) is 23.9 Å². The molecule has 1 aromatic heterocycles. The first-order valence-corrected chi connectivity index (χ1v) is 12.6. The largest absolute Gasteiger partial charge is 0.493 e. The van der Waals surface area contributed by atoms with Gasteiger partial charge in [-0.2, -0.15) is 0 Å². The van der Waals surface area contributed by atoms with E-state index in [1.165, 1.54) is 42.0 Å². The molecule has 0 bridgehead atoms. The van der Waals surface area contributed by atoms with Crippen molar-refractivity contribution >= 4 is 28.5 Å². The third-order valence-corrected chi connectivity index (χ3v) is 6.64. The first-order chi connectivity index (χ1) is 18.7. The Morgan fingerprint density at radius 3 is 2.46 bits per heavy atom. The molecule has 4 rings (SSSR count). The van der Waals surface area contributed by atoms with Crippen LogP contribution < -0.4 is 19.7 Å². The number of carbonyl (C=O) groups excluding carboxylic acids is 2. The van der Waals surface area contributed by atoms with Gasteiger partial charge >= 0.3 is 0 Å². The molecule has 204 valence electrons. The van der Waals surface area contributed by atoms with Crippen LogP contribution in [0.5, 0.6) is 11.5 Å². The fourth-order valence-corrected chi connectivity index (χ4v) is 4.23. The van der Waals surface area contributed by atoms with Crippen LogP contribution in [0.1, 0.15) is 38.8 Å². The molecule has 10 heteroatoms. The molecule has 0 unspecified atom stereocenters. The molecule has 39 heavy (non-hydrogen) atoms. The molecule has 2 amide bonds. The van der Waals surface area contributed by atoms with Gasteiger partial charge in [0.25, 0.3) is 0 Å². The fraction of sp³-hybridized carbons (Fsp3) is 0.310. The predicted octanol–water partition coefficient (Wildman–Crippen LogP) is 4.67. The molecule has 9 nitrogen and oxygen atoms in total. The molecule has 0 aliphatic rings. The Kier molecular flexibility index (Phi) is 8.13. The Bertz CT molecular complexity index is 1490. The second-order valence-electron chi connectivity index (χ2n) is 9.72. The number of carbonyl (C=O) groups is 2. The minimum atomic E-state index is -1.17. The Morgan fingerprint density at radius 2 is 1.77 bits per heavy atom. The number of amides is 2. The number of benzene rings is 3. The molecular formula is C29H32FN5O4. The van der Waals surface area contributed by atoms with Crippen molar-refractivity contribution in [2.24, 2.45) is 0 Å². The van der Waals surface area contributed by atoms with Crippen LogP contribution in [0.15, 0.2) is 66.7 Å². The van der Waals surface area contributed by atoms with E-state index in [1.807, 2.05) is 32.9 Å². The van der Waals surface area contributed by atoms with Crippen molar-refractivity contribution in [2.45, 2.75) is 45.3 Å². The number of para-hydroxylation sites is 1. The van der Waals surface area contributed by atoms with Gasteiger partial charge < -0.3 is 14.8 Å². The zero-order valence-corrected chi connectivity index (χ0v) is 22.6. The molecule has 0 radical (unpaired) electrons. The normalized spacial score (nSPS) is 12.2. The number of hydrogen-bond acceptors (Lipinski definition) is 6. The zero-order chi connectivity index (χ0) is 28.2. The Balaban J connectivity index is 1.87. The third kappa shape index (κ3) is 6.00. The number of anilines is 1. The van der Waals surface area contributed by atoms with E-state index >= 15 is 0 Å². The van der Waals surface area contributed by atoms with E-state index in [9.17, 15) is 14.0 Å². The highest BCUT2D eigenvalue weighted by Crippen LogP contribution is 2.35. The number of halogens is 1. The molecule has 1 atom stereocenters. The third-order valence-electron chi connectivity index (χ3n) is 6.64. The summed E-state index contributed by atoms with van der Waals surface area (Å²) in [6, 6.07) is 16.7. The van der Waals surface area contributed by atoms with Gasteiger partial charge in [0.2, 0.25) is 11.8 Å². The van der Waals surface area contributed by atoms with Gasteiger partial charge in [-0.25, -0.2) is 9.07 Å². The summed E-state index contributed by atoms with van der Waals surface area (Å²) in [4.78, 5) is 29.4. The number of rotatable bonds is 10. The number of nitrogens with zero attached hydrogens (tertiary/aromatic N) is 4. The molecule has 3 aromatic carbocycles. The van der Waals surface area contributed by atoms with Crippen molar-refractivity contribution < 1.29 is 23.5 Å². The van der Waals surface area contributed by atoms with E-state index in [0.29, 0.717) is 34.5 Å². The lowest BCUT2D eigenvalue weighted by molar-refractivity contribution is -0.128. The monoisotopic (exact) mass is 533 g/mol. The van der Waals surface area contributed by atoms with Crippen LogP contribution >= 0.6 is 0 Å². The summed E-state index contributed by atoms with van der Waals surface area (Å²) < 4.78 is 26.8. The SMILES string of the molecule is CCC(C)(C)NC(=O)[C@@H](c1ccc(OC)c(OC)c1)N(C(=O)Cn1nnc2ccccc21)c1cccc(F)c1. The molecule has 1 N–H and O–H groups in total. The minimum absolute atomic E-state index is 0.216. The Hall–Kier alpha value is -4.47. The van der Waals surface area contributed by atoms with Crippen LogP contribution in [0.3, 0.4) is 0 Å². The summed E-state index contributed by atoms with van der Waals surface area (Å²) in [6.45, 7) is 5.52. The van der Waals surface area contributed by atoms with E-state index in [1.54, 1.807) is 36.4 Å². The fourth-order valence-electron chi connectivity index (χ4n) is 4.23. The highest BCUT2D eigenvalue weighted by atomic mass is 19.1. The van der Waals surface area contributed by atoms with Crippen molar-refractivity contribution in [3.8, 4) is 11.5 Å². The Labute approximate surface area is 226 Å². The van der Waals surface area contributed by atoms with Gasteiger partial charge in [0.15, 0.2) is 11.5 Å². The predicted molar refractivity (Wildman–Crippen MR) is 146 cm³/mol. The maximum absolute atomic E-state index is 14.5. The first kappa shape index (κ1) is 27.6. The lowest BCUT2D eigenvalue weighted by atomic mass is 9.98. The van der Waals surface area contributed by atoms with Crippen LogP contribution in [0, 0.1) is 5.82 Å². The van der Waals surface area contributed by atoms with Crippen LogP contribution in [0.2, 0.25) is 0 Å². The maximum Gasteiger partial charge on any atom is 0.249 e. The average molecular weight is 534 g/mol. The summed E-state index contributed by atoms with van der Waals surface area (Å²) in [5.74, 6) is -0.615. The minimum Gasteiger partial charge on any atom is -0.493 e. The van der Waals surface area contributed by atoms with Crippen molar-refractivity contribution in [2.75, 3.05) is 19.1 Å². The van der Waals surface area contributed by atoms with E-state index in [-0.39, 0.29) is 12.2 Å². The van der Waals surface area contributed by atoms with Gasteiger partial charge in [-0.15, -0.1) is 5.10 Å². The van der Waals surface area contributed by atoms with Crippen molar-refractivity contribution in [3.05, 3.63) is 78.1 Å². The number of fused-ring (bicyclic) bond motifs is 1. The van der Waals surface area contributed by atoms with Gasteiger partial charge in [-0.05, 0) is 68.3 Å². The summed E-state index contributed by atoms with van der Waals surface area (Å²) in [5.41, 5.74) is 1.39. The number of methoxy groups -OCH3 is 2. The van der Waals surface area contributed by atoms with E-state index < -0.39 is 29.2 Å². The van der Waals surface area contributed by atoms with E-state index in [2.05, 4.69) is 15.6 Å². The van der Waals surface area contributed by atoms with Crippen molar-refractivity contribution in [3.63, 3.8) is 0 Å². The highest BCUT2D eigenvalue weighted by molar-refractivity contribution is 6.01. The zero-order valence-electron chi connectivity index (χ0n) is 22.6. The van der Waals surface area contributed by atoms with Crippen molar-refractivity contribution in [1.82, 2.24) is 20.3 Å². The van der Waals surface area contributed by atoms with E-state index in [4.69, 9.17) is 9.47 Å². The number of ether oxygens (including phenoxy) is 2. The molecule has 1 heterocycles. The molecule has 0 saturated heterocycles. The van der Waals surface area contributed by atoms with Gasteiger partial charge in [-0.1, -0.05) is 36.4 Å². The topological polar surface area (TPSA) is 98.6 Å². The highest BCUT2D eigenvalue weighted by Gasteiger charge is 2.36. The smallest absolute Gasteiger partial charge is 0.249 e. The van der Waals surface area contributed by atoms with Gasteiger partial charge in [0.05, 0.1) is 19.7 Å². The molecule has 0 saturated carbocycles. The number of aromatic nitrogens is 3. The van der Waals surface area contributed by atoms with Crippen molar-refractivity contribution in [1.29, 1.82) is 0 Å². The standard InChI is InChI=1S/C29H32FN5O4/c1-6-29(2,3)31-28(37)27(19-14-15-24(38-4)25(16-19)39-5)35(21-11-9-10-20(30)17-21)26(36)18-34-23-13-8-7-12-22(23)32-33-34/h7-17,27H,6,18H2,1-5H3,(H,31,37)/t27-/m1/s1. The van der Waals surface area contributed by atoms with Crippen LogP contribution in [-0.4, -0.2) is 46.6 Å². The molecular weight excluding hydrogens is 501 g/mol. The number of hydrogen-bond donors (Lipinski definition) is 1. The second kappa shape index (κ2) is 11.5. The molecule has 4 aromatic rings. The van der Waals surface area contributed by atoms with Gasteiger partial charge in [-0.3, -0.25) is 14.5 Å². The first-order valence-electron chi connectivity index (χ1n) is 12.6. The summed E-state index contributed by atoms with van der Waals surface area (Å²) in [7, 11) is 3.00. The van der Waals surface area contributed by atoms with E-state index in [0.717, 1.165) is 0 Å². The van der Waals surface area contributed by atoms with Crippen LogP contribution in [0.25, 0.3) is 11.0 Å². The Morgan fingerprint density at radius 1 is 1.03 bits per heavy atom. The maximum atomic E-state index is 14.5. The summed E-state index contributed by atoms with van der Waals surface area (Å²) in [5, 5.41) is 11.3. The van der Waals surface area contributed by atoms with Crippen LogP contribution in [-0.2, 0) is 16.1 Å². The molecule has 0 aliphatic heterocycles. The average Bonchev–Trinajstić information content (AvgIpc) is 3.33. The van der Waals surface area contributed by atoms with Crippen LogP contribution in [0.4, 0.5) is 10.1 Å². The lowest BCUT2D eigenvalue weighted by Crippen LogP contribution is -2.51. The molecule has 0 aliphatic carbocycles. The summed E-state index contributed by atoms with van der Waals surface area (Å²) >= 11 is 0.